The van der Waals surface area contributed by atoms with Gasteiger partial charge < -0.3 is 5.11 Å². The van der Waals surface area contributed by atoms with Crippen LogP contribution in [-0.2, 0) is 6.42 Å². The lowest BCUT2D eigenvalue weighted by molar-refractivity contribution is 0.179. The van der Waals surface area contributed by atoms with Crippen molar-refractivity contribution >= 4 is 11.3 Å². The molecule has 1 nitrogen and oxygen atoms in total. The molecule has 1 aromatic carbocycles. The minimum absolute atomic E-state index is 0.0424. The second-order valence-electron chi connectivity index (χ2n) is 4.32. The van der Waals surface area contributed by atoms with Crippen molar-refractivity contribution in [1.29, 1.82) is 0 Å². The summed E-state index contributed by atoms with van der Waals surface area (Å²) in [6.07, 6.45) is -0.908. The van der Waals surface area contributed by atoms with Gasteiger partial charge in [-0.3, -0.25) is 0 Å². The maximum absolute atomic E-state index is 13.5. The quantitative estimate of drug-likeness (QED) is 0.894. The lowest BCUT2D eigenvalue weighted by Gasteiger charge is -2.11. The normalized spacial score (nSPS) is 12.7. The van der Waals surface area contributed by atoms with E-state index in [2.05, 4.69) is 0 Å². The summed E-state index contributed by atoms with van der Waals surface area (Å²) in [4.78, 5) is 1.85. The fourth-order valence-electron chi connectivity index (χ4n) is 2.00. The summed E-state index contributed by atoms with van der Waals surface area (Å²) in [5.41, 5.74) is 0.900. The van der Waals surface area contributed by atoms with E-state index in [-0.39, 0.29) is 12.0 Å². The average molecular weight is 268 g/mol. The van der Waals surface area contributed by atoms with Crippen LogP contribution in [0.25, 0.3) is 0 Å². The van der Waals surface area contributed by atoms with Gasteiger partial charge in [0.2, 0.25) is 0 Å². The fraction of sp³-hybridized carbons (Fsp3) is 0.286. The number of rotatable bonds is 3. The highest BCUT2D eigenvalue weighted by Crippen LogP contribution is 2.30. The van der Waals surface area contributed by atoms with Crippen LogP contribution in [0.5, 0.6) is 0 Å². The molecule has 0 radical (unpaired) electrons. The van der Waals surface area contributed by atoms with Gasteiger partial charge in [-0.25, -0.2) is 8.78 Å². The van der Waals surface area contributed by atoms with Gasteiger partial charge >= 0.3 is 0 Å². The van der Waals surface area contributed by atoms with Crippen LogP contribution in [0.3, 0.4) is 0 Å². The van der Waals surface area contributed by atoms with Gasteiger partial charge in [-0.2, -0.15) is 0 Å². The average Bonchev–Trinajstić information content (AvgIpc) is 2.63. The van der Waals surface area contributed by atoms with E-state index >= 15 is 0 Å². The van der Waals surface area contributed by atoms with Crippen molar-refractivity contribution in [3.05, 3.63) is 56.8 Å². The van der Waals surface area contributed by atoms with Crippen LogP contribution >= 0.6 is 11.3 Å². The molecule has 0 aliphatic carbocycles. The second kappa shape index (κ2) is 5.16. The molecule has 4 heteroatoms. The predicted octanol–water partition coefficient (Wildman–Crippen LogP) is 3.92. The van der Waals surface area contributed by atoms with E-state index in [0.717, 1.165) is 15.3 Å². The van der Waals surface area contributed by atoms with Crippen LogP contribution < -0.4 is 0 Å². The van der Waals surface area contributed by atoms with Crippen molar-refractivity contribution in [2.24, 2.45) is 0 Å². The molecule has 1 atom stereocenters. The molecule has 1 aromatic heterocycles. The number of thiophene rings is 1. The molecular weight excluding hydrogens is 254 g/mol. The summed E-state index contributed by atoms with van der Waals surface area (Å²) in [6.45, 7) is 3.83. The highest BCUT2D eigenvalue weighted by atomic mass is 32.1. The Morgan fingerprint density at radius 2 is 1.83 bits per heavy atom. The number of benzene rings is 1. The Labute approximate surface area is 109 Å². The van der Waals surface area contributed by atoms with E-state index in [4.69, 9.17) is 0 Å². The molecule has 0 fully saturated rings. The molecule has 0 bridgehead atoms. The number of halogens is 2. The van der Waals surface area contributed by atoms with Crippen LogP contribution in [0, 0.1) is 25.5 Å². The zero-order valence-corrected chi connectivity index (χ0v) is 11.0. The first-order chi connectivity index (χ1) is 8.49. The Hall–Kier alpha value is -1.26. The third kappa shape index (κ3) is 2.60. The lowest BCUT2D eigenvalue weighted by atomic mass is 10.0. The van der Waals surface area contributed by atoms with Crippen molar-refractivity contribution in [3.63, 3.8) is 0 Å². The molecule has 0 aliphatic heterocycles. The molecule has 96 valence electrons. The van der Waals surface area contributed by atoms with Crippen molar-refractivity contribution in [3.8, 4) is 0 Å². The van der Waals surface area contributed by atoms with Gasteiger partial charge in [-0.15, -0.1) is 11.3 Å². The second-order valence-corrected chi connectivity index (χ2v) is 5.61. The summed E-state index contributed by atoms with van der Waals surface area (Å²) >= 11 is 1.46. The Morgan fingerprint density at radius 3 is 2.33 bits per heavy atom. The fourth-order valence-corrected chi connectivity index (χ4v) is 3.03. The van der Waals surface area contributed by atoms with E-state index in [9.17, 15) is 13.9 Å². The van der Waals surface area contributed by atoms with Crippen LogP contribution in [0.2, 0.25) is 0 Å². The van der Waals surface area contributed by atoms with E-state index in [1.54, 1.807) is 0 Å². The number of hydrogen-bond donors (Lipinski definition) is 1. The minimum atomic E-state index is -0.866. The zero-order chi connectivity index (χ0) is 13.3. The lowest BCUT2D eigenvalue weighted by Crippen LogP contribution is -2.05. The summed E-state index contributed by atoms with van der Waals surface area (Å²) < 4.78 is 27.0. The van der Waals surface area contributed by atoms with Crippen molar-refractivity contribution < 1.29 is 13.9 Å². The van der Waals surface area contributed by atoms with Gasteiger partial charge in [0.25, 0.3) is 0 Å². The van der Waals surface area contributed by atoms with Gasteiger partial charge in [0.05, 0.1) is 6.10 Å². The molecule has 0 saturated heterocycles. The standard InChI is InChI=1S/C14H14F2OS/c1-8-6-9(2)18-14(8)13(17)7-10-11(15)4-3-5-12(10)16/h3-6,13,17H,7H2,1-2H3. The topological polar surface area (TPSA) is 20.2 Å². The van der Waals surface area contributed by atoms with Gasteiger partial charge in [0.15, 0.2) is 0 Å². The molecule has 2 aromatic rings. The molecule has 0 amide bonds. The third-order valence-electron chi connectivity index (χ3n) is 2.84. The first-order valence-electron chi connectivity index (χ1n) is 5.67. The van der Waals surface area contributed by atoms with Crippen LogP contribution in [0.15, 0.2) is 24.3 Å². The molecule has 2 rings (SSSR count). The van der Waals surface area contributed by atoms with Crippen LogP contribution in [-0.4, -0.2) is 5.11 Å². The largest absolute Gasteiger partial charge is 0.387 e. The Balaban J connectivity index is 2.26. The summed E-state index contributed by atoms with van der Waals surface area (Å²) in [7, 11) is 0. The smallest absolute Gasteiger partial charge is 0.129 e. The highest BCUT2D eigenvalue weighted by molar-refractivity contribution is 7.12. The van der Waals surface area contributed by atoms with E-state index in [1.807, 2.05) is 19.9 Å². The Bertz CT molecular complexity index is 543. The first-order valence-corrected chi connectivity index (χ1v) is 6.48. The molecule has 0 spiro atoms. The number of hydrogen-bond acceptors (Lipinski definition) is 2. The van der Waals surface area contributed by atoms with Gasteiger partial charge in [0, 0.05) is 21.7 Å². The van der Waals surface area contributed by atoms with Crippen LogP contribution in [0.1, 0.15) is 27.0 Å². The van der Waals surface area contributed by atoms with E-state index in [1.165, 1.54) is 29.5 Å². The molecule has 1 N–H and O–H groups in total. The number of aliphatic hydroxyl groups is 1. The molecule has 0 aliphatic rings. The monoisotopic (exact) mass is 268 g/mol. The van der Waals surface area contributed by atoms with E-state index < -0.39 is 17.7 Å². The number of aryl methyl sites for hydroxylation is 2. The predicted molar refractivity (Wildman–Crippen MR) is 68.8 cm³/mol. The van der Waals surface area contributed by atoms with Gasteiger partial charge in [0.1, 0.15) is 11.6 Å². The number of aliphatic hydroxyl groups excluding tert-OH is 1. The Morgan fingerprint density at radius 1 is 1.22 bits per heavy atom. The van der Waals surface area contributed by atoms with E-state index in [0.29, 0.717) is 0 Å². The van der Waals surface area contributed by atoms with Gasteiger partial charge in [-0.05, 0) is 37.6 Å². The maximum atomic E-state index is 13.5. The zero-order valence-electron chi connectivity index (χ0n) is 10.2. The molecule has 18 heavy (non-hydrogen) atoms. The maximum Gasteiger partial charge on any atom is 0.129 e. The first kappa shape index (κ1) is 13.2. The molecular formula is C14H14F2OS. The molecule has 1 heterocycles. The minimum Gasteiger partial charge on any atom is -0.387 e. The van der Waals surface area contributed by atoms with Crippen LogP contribution in [0.4, 0.5) is 8.78 Å². The molecule has 1 unspecified atom stereocenters. The van der Waals surface area contributed by atoms with Crippen molar-refractivity contribution in [2.45, 2.75) is 26.4 Å². The molecule has 0 saturated carbocycles. The van der Waals surface area contributed by atoms with Crippen molar-refractivity contribution in [2.75, 3.05) is 0 Å². The SMILES string of the molecule is Cc1cc(C)c(C(O)Cc2c(F)cccc2F)s1. The van der Waals surface area contributed by atoms with Gasteiger partial charge in [-0.1, -0.05) is 6.07 Å². The Kier molecular flexibility index (Phi) is 3.78. The summed E-state index contributed by atoms with van der Waals surface area (Å²) in [5, 5.41) is 10.1. The van der Waals surface area contributed by atoms with Crippen molar-refractivity contribution in [1.82, 2.24) is 0 Å². The summed E-state index contributed by atoms with van der Waals surface area (Å²) in [5.74, 6) is -1.22. The highest BCUT2D eigenvalue weighted by Gasteiger charge is 2.18. The summed E-state index contributed by atoms with van der Waals surface area (Å²) in [6, 6.07) is 5.69. The third-order valence-corrected chi connectivity index (χ3v) is 4.09.